The number of halogens is 2. The van der Waals surface area contributed by atoms with Gasteiger partial charge in [0, 0.05) is 62.8 Å². The molecule has 35 heavy (non-hydrogen) atoms. The number of ether oxygens (including phenoxy) is 1. The van der Waals surface area contributed by atoms with Gasteiger partial charge in [-0.15, -0.1) is 0 Å². The second kappa shape index (κ2) is 11.2. The van der Waals surface area contributed by atoms with Crippen molar-refractivity contribution in [1.82, 2.24) is 20.3 Å². The van der Waals surface area contributed by atoms with Crippen LogP contribution in [0.3, 0.4) is 0 Å². The zero-order valence-electron chi connectivity index (χ0n) is 20.6. The van der Waals surface area contributed by atoms with Crippen LogP contribution in [0.15, 0.2) is 42.7 Å². The predicted octanol–water partition coefficient (Wildman–Crippen LogP) is 4.60. The number of alkyl halides is 2. The Morgan fingerprint density at radius 2 is 1.94 bits per heavy atom. The second-order valence-electron chi connectivity index (χ2n) is 8.75. The number of pyridine rings is 1. The van der Waals surface area contributed by atoms with Crippen LogP contribution in [0.4, 0.5) is 20.3 Å². The number of benzene rings is 1. The molecule has 2 unspecified atom stereocenters. The lowest BCUT2D eigenvalue weighted by atomic mass is 9.95. The first-order chi connectivity index (χ1) is 17.0. The number of hydrogen-bond acceptors (Lipinski definition) is 7. The lowest BCUT2D eigenvalue weighted by molar-refractivity contribution is -0.0728. The number of anilines is 2. The Morgan fingerprint density at radius 1 is 1.17 bits per heavy atom. The monoisotopic (exact) mass is 484 g/mol. The maximum Gasteiger partial charge on any atom is 0.255 e. The van der Waals surface area contributed by atoms with Crippen molar-refractivity contribution in [2.75, 3.05) is 49.5 Å². The normalized spacial score (nSPS) is 21.8. The Labute approximate surface area is 205 Å². The Hall–Kier alpha value is -2.91. The number of nitrogens with zero attached hydrogens (tertiary/aromatic N) is 4. The fourth-order valence-electron chi connectivity index (χ4n) is 4.47. The van der Waals surface area contributed by atoms with Crippen LogP contribution in [0, 0.1) is 5.92 Å². The third-order valence-electron chi connectivity index (χ3n) is 6.36. The first-order valence-corrected chi connectivity index (χ1v) is 12.4. The number of rotatable bonds is 5. The van der Waals surface area contributed by atoms with E-state index in [0.717, 1.165) is 36.6 Å². The molecule has 2 fully saturated rings. The maximum absolute atomic E-state index is 14.3. The molecular formula is C26H34F2N6O. The molecule has 2 N–H and O–H groups in total. The van der Waals surface area contributed by atoms with Crippen LogP contribution in [0.25, 0.3) is 22.3 Å². The van der Waals surface area contributed by atoms with E-state index in [9.17, 15) is 8.78 Å². The van der Waals surface area contributed by atoms with E-state index in [0.29, 0.717) is 23.4 Å². The van der Waals surface area contributed by atoms with Gasteiger partial charge in [0.25, 0.3) is 5.92 Å². The van der Waals surface area contributed by atoms with Gasteiger partial charge < -0.3 is 20.3 Å². The fraction of sp³-hybridized carbons (Fsp3) is 0.500. The van der Waals surface area contributed by atoms with E-state index in [4.69, 9.17) is 9.72 Å². The minimum atomic E-state index is -2.70. The summed E-state index contributed by atoms with van der Waals surface area (Å²) in [5.74, 6) is -3.04. The predicted molar refractivity (Wildman–Crippen MR) is 136 cm³/mol. The van der Waals surface area contributed by atoms with Gasteiger partial charge in [0.05, 0.1) is 29.8 Å². The maximum atomic E-state index is 14.3. The largest absolute Gasteiger partial charge is 0.375 e. The van der Waals surface area contributed by atoms with Gasteiger partial charge in [-0.05, 0) is 25.1 Å². The molecule has 0 saturated carbocycles. The first kappa shape index (κ1) is 25.2. The molecule has 2 aliphatic rings. The zero-order valence-corrected chi connectivity index (χ0v) is 20.6. The molecule has 7 nitrogen and oxygen atoms in total. The molecule has 0 bridgehead atoms. The number of hydrogen-bond donors (Lipinski definition) is 2. The first-order valence-electron chi connectivity index (χ1n) is 12.4. The van der Waals surface area contributed by atoms with Gasteiger partial charge in [0.15, 0.2) is 5.82 Å². The van der Waals surface area contributed by atoms with Gasteiger partial charge in [-0.2, -0.15) is 0 Å². The average molecular weight is 485 g/mol. The smallest absolute Gasteiger partial charge is 0.255 e. The van der Waals surface area contributed by atoms with Crippen molar-refractivity contribution in [3.8, 4) is 11.3 Å². The topological polar surface area (TPSA) is 75.2 Å². The van der Waals surface area contributed by atoms with Crippen LogP contribution in [0.5, 0.6) is 0 Å². The van der Waals surface area contributed by atoms with Crippen LogP contribution in [0.1, 0.15) is 27.2 Å². The van der Waals surface area contributed by atoms with Crippen LogP contribution >= 0.6 is 0 Å². The summed E-state index contributed by atoms with van der Waals surface area (Å²) in [6.45, 7) is 9.24. The van der Waals surface area contributed by atoms with Crippen LogP contribution in [0.2, 0.25) is 0 Å². The van der Waals surface area contributed by atoms with Crippen LogP contribution < -0.4 is 15.5 Å². The summed E-state index contributed by atoms with van der Waals surface area (Å²) in [5, 5.41) is 6.19. The molecule has 2 atom stereocenters. The van der Waals surface area contributed by atoms with Gasteiger partial charge in [-0.1, -0.05) is 26.0 Å². The summed E-state index contributed by atoms with van der Waals surface area (Å²) in [6.07, 6.45) is 3.27. The Bertz CT molecular complexity index is 1110. The molecule has 4 heterocycles. The highest BCUT2D eigenvalue weighted by Gasteiger charge is 2.41. The number of fused-ring (bicyclic) bond motifs is 1. The number of piperidine rings is 1. The van der Waals surface area contributed by atoms with Gasteiger partial charge in [-0.3, -0.25) is 4.98 Å². The van der Waals surface area contributed by atoms with Gasteiger partial charge in [0.2, 0.25) is 0 Å². The van der Waals surface area contributed by atoms with Gasteiger partial charge in [0.1, 0.15) is 5.52 Å². The lowest BCUT2D eigenvalue weighted by Crippen LogP contribution is -2.47. The van der Waals surface area contributed by atoms with Crippen molar-refractivity contribution in [2.24, 2.45) is 5.92 Å². The molecule has 2 saturated heterocycles. The van der Waals surface area contributed by atoms with Gasteiger partial charge in [-0.25, -0.2) is 18.7 Å². The van der Waals surface area contributed by atoms with E-state index in [1.165, 1.54) is 0 Å². The second-order valence-corrected chi connectivity index (χ2v) is 8.75. The van der Waals surface area contributed by atoms with E-state index in [1.807, 2.05) is 32.0 Å². The highest BCUT2D eigenvalue weighted by atomic mass is 19.3. The molecule has 0 spiro atoms. The van der Waals surface area contributed by atoms with Crippen molar-refractivity contribution in [1.29, 1.82) is 0 Å². The van der Waals surface area contributed by atoms with Gasteiger partial charge >= 0.3 is 0 Å². The summed E-state index contributed by atoms with van der Waals surface area (Å²) < 4.78 is 34.2. The van der Waals surface area contributed by atoms with Crippen LogP contribution in [-0.2, 0) is 4.74 Å². The molecule has 1 aromatic carbocycles. The summed E-state index contributed by atoms with van der Waals surface area (Å²) in [5.41, 5.74) is 4.04. The summed E-state index contributed by atoms with van der Waals surface area (Å²) >= 11 is 0. The molecule has 3 aromatic rings. The summed E-state index contributed by atoms with van der Waals surface area (Å²) in [7, 11) is 0. The lowest BCUT2D eigenvalue weighted by Gasteiger charge is -2.33. The molecular weight excluding hydrogens is 450 g/mol. The van der Waals surface area contributed by atoms with Crippen molar-refractivity contribution in [3.63, 3.8) is 0 Å². The minimum Gasteiger partial charge on any atom is -0.375 e. The van der Waals surface area contributed by atoms with E-state index in [1.54, 1.807) is 12.4 Å². The quantitative estimate of drug-likeness (QED) is 0.548. The Morgan fingerprint density at radius 3 is 2.69 bits per heavy atom. The number of nitrogens with one attached hydrogen (secondary N) is 2. The van der Waals surface area contributed by atoms with E-state index < -0.39 is 11.8 Å². The molecule has 9 heteroatoms. The molecule has 5 rings (SSSR count). The number of morpholine rings is 1. The standard InChI is InChI=1S/C24H28F2N6O.C2H6/c1-16-15-32(10-11-33-16)19-4-2-17(3-5-19)20-12-21-22(29-9-8-28-21)23(31-20)30-14-18-13-27-7-6-24(18,25)26;1-2/h2-5,8-9,12,16,18,27H,6-7,10-11,13-15H2,1H3,(H,30,31);1-2H3. The molecule has 0 amide bonds. The minimum absolute atomic E-state index is 0.107. The van der Waals surface area contributed by atoms with Crippen molar-refractivity contribution < 1.29 is 13.5 Å². The van der Waals surface area contributed by atoms with Crippen molar-refractivity contribution >= 4 is 22.5 Å². The molecule has 0 aliphatic carbocycles. The van der Waals surface area contributed by atoms with Crippen molar-refractivity contribution in [2.45, 2.75) is 39.2 Å². The van der Waals surface area contributed by atoms with E-state index in [2.05, 4.69) is 44.6 Å². The SMILES string of the molecule is CC.CC1CN(c2ccc(-c3cc4nccnc4c(NCC4CNCCC4(F)F)n3)cc2)CCO1. The Balaban J connectivity index is 0.00000141. The number of aromatic nitrogens is 3. The van der Waals surface area contributed by atoms with Crippen molar-refractivity contribution in [3.05, 3.63) is 42.7 Å². The molecule has 2 aliphatic heterocycles. The third kappa shape index (κ3) is 5.85. The molecule has 2 aromatic heterocycles. The summed E-state index contributed by atoms with van der Waals surface area (Å²) in [4.78, 5) is 15.9. The highest BCUT2D eigenvalue weighted by Crippen LogP contribution is 2.32. The van der Waals surface area contributed by atoms with E-state index in [-0.39, 0.29) is 25.6 Å². The molecule has 0 radical (unpaired) electrons. The Kier molecular flexibility index (Phi) is 8.07. The zero-order chi connectivity index (χ0) is 24.8. The molecule has 188 valence electrons. The highest BCUT2D eigenvalue weighted by molar-refractivity contribution is 5.88. The summed E-state index contributed by atoms with van der Waals surface area (Å²) in [6, 6.07) is 10.1. The fourth-order valence-corrected chi connectivity index (χ4v) is 4.47. The third-order valence-corrected chi connectivity index (χ3v) is 6.36. The average Bonchev–Trinajstić information content (AvgIpc) is 2.89. The van der Waals surface area contributed by atoms with E-state index >= 15 is 0 Å². The van der Waals surface area contributed by atoms with Crippen LogP contribution in [-0.4, -0.2) is 66.3 Å².